The van der Waals surface area contributed by atoms with Crippen LogP contribution in [0.4, 0.5) is 0 Å². The van der Waals surface area contributed by atoms with Gasteiger partial charge >= 0.3 is 0 Å². The van der Waals surface area contributed by atoms with Crippen LogP contribution < -0.4 is 0 Å². The lowest BCUT2D eigenvalue weighted by Gasteiger charge is -2.31. The molecule has 2 aromatic rings. The van der Waals surface area contributed by atoms with Gasteiger partial charge in [0.25, 0.3) is 0 Å². The van der Waals surface area contributed by atoms with Gasteiger partial charge in [-0.3, -0.25) is 9.69 Å². The standard InChI is InChI=1S/C16H20ClN3O2/c1-3-14-13(17)7-15(18-14)16(22)20-5-4-19-8-11(10(2)21)6-12(19)9-20/h6-8,16,18,22H,3-5,9H2,1-2H3. The molecule has 0 aliphatic carbocycles. The molecule has 1 aliphatic heterocycles. The van der Waals surface area contributed by atoms with Crippen molar-refractivity contribution in [1.29, 1.82) is 0 Å². The van der Waals surface area contributed by atoms with Crippen LogP contribution in [-0.4, -0.2) is 31.9 Å². The minimum absolute atomic E-state index is 0.0673. The van der Waals surface area contributed by atoms with Gasteiger partial charge in [0, 0.05) is 42.8 Å². The fourth-order valence-corrected chi connectivity index (χ4v) is 3.20. The summed E-state index contributed by atoms with van der Waals surface area (Å²) < 4.78 is 2.08. The average Bonchev–Trinajstić information content (AvgIpc) is 3.08. The number of aromatic nitrogens is 2. The number of aliphatic hydroxyl groups is 1. The second kappa shape index (κ2) is 5.91. The van der Waals surface area contributed by atoms with Crippen molar-refractivity contribution >= 4 is 17.4 Å². The zero-order chi connectivity index (χ0) is 15.9. The number of aryl methyl sites for hydroxylation is 1. The summed E-state index contributed by atoms with van der Waals surface area (Å²) in [5, 5.41) is 11.2. The minimum Gasteiger partial charge on any atom is -0.373 e. The fraction of sp³-hybridized carbons (Fsp3) is 0.438. The maximum atomic E-state index is 11.5. The van der Waals surface area contributed by atoms with Crippen LogP contribution in [0.2, 0.25) is 5.02 Å². The number of halogens is 1. The fourth-order valence-electron chi connectivity index (χ4n) is 2.91. The largest absolute Gasteiger partial charge is 0.373 e. The topological polar surface area (TPSA) is 61.3 Å². The van der Waals surface area contributed by atoms with E-state index < -0.39 is 6.23 Å². The van der Waals surface area contributed by atoms with Crippen molar-refractivity contribution in [3.63, 3.8) is 0 Å². The molecule has 22 heavy (non-hydrogen) atoms. The first-order valence-electron chi connectivity index (χ1n) is 7.49. The number of Topliss-reactive ketones (excluding diaryl/α,β-unsaturated/α-hetero) is 1. The lowest BCUT2D eigenvalue weighted by Crippen LogP contribution is -2.36. The highest BCUT2D eigenvalue weighted by Gasteiger charge is 2.25. The van der Waals surface area contributed by atoms with E-state index >= 15 is 0 Å². The van der Waals surface area contributed by atoms with E-state index in [9.17, 15) is 9.90 Å². The summed E-state index contributed by atoms with van der Waals surface area (Å²) in [5.74, 6) is 0.0673. The lowest BCUT2D eigenvalue weighted by molar-refractivity contribution is -0.0182. The smallest absolute Gasteiger partial charge is 0.161 e. The summed E-state index contributed by atoms with van der Waals surface area (Å²) in [4.78, 5) is 16.6. The highest BCUT2D eigenvalue weighted by atomic mass is 35.5. The second-order valence-electron chi connectivity index (χ2n) is 5.72. The zero-order valence-corrected chi connectivity index (χ0v) is 13.5. The number of nitrogens with one attached hydrogen (secondary N) is 1. The van der Waals surface area contributed by atoms with Gasteiger partial charge in [-0.05, 0) is 25.5 Å². The maximum Gasteiger partial charge on any atom is 0.161 e. The van der Waals surface area contributed by atoms with Crippen LogP contribution >= 0.6 is 11.6 Å². The Hall–Kier alpha value is -1.56. The van der Waals surface area contributed by atoms with E-state index in [1.54, 1.807) is 13.0 Å². The van der Waals surface area contributed by atoms with Gasteiger partial charge in [0.1, 0.15) is 6.23 Å². The van der Waals surface area contributed by atoms with Crippen LogP contribution in [0.1, 0.15) is 47.5 Å². The van der Waals surface area contributed by atoms with Gasteiger partial charge in [0.15, 0.2) is 5.78 Å². The predicted octanol–water partition coefficient (Wildman–Crippen LogP) is 2.74. The molecule has 0 fully saturated rings. The molecule has 1 aliphatic rings. The number of aromatic amines is 1. The number of ketones is 1. The first kappa shape index (κ1) is 15.3. The molecule has 0 bridgehead atoms. The monoisotopic (exact) mass is 321 g/mol. The molecular weight excluding hydrogens is 302 g/mol. The van der Waals surface area contributed by atoms with E-state index in [1.807, 2.05) is 24.1 Å². The maximum absolute atomic E-state index is 11.5. The summed E-state index contributed by atoms with van der Waals surface area (Å²) in [7, 11) is 0. The van der Waals surface area contributed by atoms with Crippen molar-refractivity contribution in [3.05, 3.63) is 46.0 Å². The molecule has 0 spiro atoms. The Morgan fingerprint density at radius 2 is 2.23 bits per heavy atom. The van der Waals surface area contributed by atoms with Crippen LogP contribution in [0.3, 0.4) is 0 Å². The third kappa shape index (κ3) is 2.72. The molecule has 3 rings (SSSR count). The van der Waals surface area contributed by atoms with Crippen LogP contribution in [0.25, 0.3) is 0 Å². The van der Waals surface area contributed by atoms with Crippen LogP contribution in [0.5, 0.6) is 0 Å². The molecule has 6 heteroatoms. The molecule has 0 aromatic carbocycles. The van der Waals surface area contributed by atoms with E-state index in [4.69, 9.17) is 11.6 Å². The molecule has 0 amide bonds. The van der Waals surface area contributed by atoms with Crippen LogP contribution in [0, 0.1) is 0 Å². The molecule has 2 N–H and O–H groups in total. The Balaban J connectivity index is 1.79. The number of hydrogen-bond acceptors (Lipinski definition) is 3. The predicted molar refractivity (Wildman–Crippen MR) is 85.0 cm³/mol. The molecule has 3 heterocycles. The number of fused-ring (bicyclic) bond motifs is 1. The van der Waals surface area contributed by atoms with E-state index in [0.717, 1.165) is 36.5 Å². The molecule has 1 atom stereocenters. The van der Waals surface area contributed by atoms with Crippen LogP contribution in [0.15, 0.2) is 18.3 Å². The summed E-state index contributed by atoms with van der Waals surface area (Å²) in [6.07, 6.45) is 1.97. The summed E-state index contributed by atoms with van der Waals surface area (Å²) in [5.41, 5.74) is 3.43. The Kier molecular flexibility index (Phi) is 4.12. The third-order valence-corrected chi connectivity index (χ3v) is 4.57. The highest BCUT2D eigenvalue weighted by Crippen LogP contribution is 2.27. The van der Waals surface area contributed by atoms with E-state index in [1.165, 1.54) is 0 Å². The number of carbonyl (C=O) groups is 1. The van der Waals surface area contributed by atoms with Gasteiger partial charge < -0.3 is 14.7 Å². The molecule has 1 unspecified atom stereocenters. The number of H-pyrrole nitrogens is 1. The first-order valence-corrected chi connectivity index (χ1v) is 7.86. The number of carbonyl (C=O) groups excluding carboxylic acids is 1. The minimum atomic E-state index is -0.720. The van der Waals surface area contributed by atoms with Gasteiger partial charge in [-0.15, -0.1) is 0 Å². The molecular formula is C16H20ClN3O2. The Morgan fingerprint density at radius 1 is 1.45 bits per heavy atom. The van der Waals surface area contributed by atoms with Gasteiger partial charge in [-0.25, -0.2) is 0 Å². The van der Waals surface area contributed by atoms with Gasteiger partial charge in [0.05, 0.1) is 10.7 Å². The SMILES string of the molecule is CCc1[nH]c(C(O)N2CCn3cc(C(C)=O)cc3C2)cc1Cl. The normalized spacial score (nSPS) is 16.5. The van der Waals surface area contributed by atoms with E-state index in [2.05, 4.69) is 9.55 Å². The molecule has 0 saturated heterocycles. The number of aliphatic hydroxyl groups excluding tert-OH is 1. The summed E-state index contributed by atoms with van der Waals surface area (Å²) in [6, 6.07) is 3.69. The van der Waals surface area contributed by atoms with Gasteiger partial charge in [-0.1, -0.05) is 18.5 Å². The van der Waals surface area contributed by atoms with E-state index in [-0.39, 0.29) is 5.78 Å². The molecule has 5 nitrogen and oxygen atoms in total. The highest BCUT2D eigenvalue weighted by molar-refractivity contribution is 6.31. The van der Waals surface area contributed by atoms with E-state index in [0.29, 0.717) is 17.3 Å². The number of hydrogen-bond donors (Lipinski definition) is 2. The zero-order valence-electron chi connectivity index (χ0n) is 12.8. The lowest BCUT2D eigenvalue weighted by atomic mass is 10.2. The summed E-state index contributed by atoms with van der Waals surface area (Å²) in [6.45, 7) is 5.67. The summed E-state index contributed by atoms with van der Waals surface area (Å²) >= 11 is 6.14. The third-order valence-electron chi connectivity index (χ3n) is 4.23. The quantitative estimate of drug-likeness (QED) is 0.851. The van der Waals surface area contributed by atoms with Crippen molar-refractivity contribution in [2.45, 2.75) is 39.6 Å². The van der Waals surface area contributed by atoms with Crippen molar-refractivity contribution in [2.75, 3.05) is 6.54 Å². The second-order valence-corrected chi connectivity index (χ2v) is 6.13. The van der Waals surface area contributed by atoms with Crippen molar-refractivity contribution in [2.24, 2.45) is 0 Å². The first-order chi connectivity index (χ1) is 10.5. The molecule has 0 saturated carbocycles. The van der Waals surface area contributed by atoms with Gasteiger partial charge in [-0.2, -0.15) is 0 Å². The molecule has 2 aromatic heterocycles. The van der Waals surface area contributed by atoms with Crippen molar-refractivity contribution < 1.29 is 9.90 Å². The van der Waals surface area contributed by atoms with Crippen molar-refractivity contribution in [1.82, 2.24) is 14.5 Å². The number of nitrogens with zero attached hydrogens (tertiary/aromatic N) is 2. The molecule has 118 valence electrons. The Bertz CT molecular complexity index is 704. The van der Waals surface area contributed by atoms with Crippen LogP contribution in [-0.2, 0) is 19.5 Å². The van der Waals surface area contributed by atoms with Crippen molar-refractivity contribution in [3.8, 4) is 0 Å². The average molecular weight is 322 g/mol. The Morgan fingerprint density at radius 3 is 2.86 bits per heavy atom. The molecule has 0 radical (unpaired) electrons. The Labute approximate surface area is 134 Å². The van der Waals surface area contributed by atoms with Gasteiger partial charge in [0.2, 0.25) is 0 Å². The number of rotatable bonds is 4.